The van der Waals surface area contributed by atoms with Gasteiger partial charge in [0.25, 0.3) is 0 Å². The lowest BCUT2D eigenvalue weighted by Crippen LogP contribution is -2.19. The Morgan fingerprint density at radius 1 is 1.15 bits per heavy atom. The molecular formula is C22H20N2O2S. The van der Waals surface area contributed by atoms with Gasteiger partial charge in [0, 0.05) is 10.9 Å². The van der Waals surface area contributed by atoms with E-state index in [4.69, 9.17) is 4.74 Å². The molecule has 1 heterocycles. The van der Waals surface area contributed by atoms with Crippen LogP contribution >= 0.6 is 11.3 Å². The van der Waals surface area contributed by atoms with Crippen molar-refractivity contribution in [3.8, 4) is 23.1 Å². The van der Waals surface area contributed by atoms with Crippen molar-refractivity contribution in [2.24, 2.45) is 0 Å². The van der Waals surface area contributed by atoms with Gasteiger partial charge in [0.05, 0.1) is 11.8 Å². The molecule has 4 nitrogen and oxygen atoms in total. The van der Waals surface area contributed by atoms with E-state index in [1.165, 1.54) is 11.3 Å². The Morgan fingerprint density at radius 2 is 1.85 bits per heavy atom. The molecule has 0 aliphatic rings. The number of para-hydroxylation sites is 1. The number of aromatic nitrogens is 1. The summed E-state index contributed by atoms with van der Waals surface area (Å²) in [6.07, 6.45) is 0. The van der Waals surface area contributed by atoms with Crippen LogP contribution in [0.4, 0.5) is 0 Å². The number of ketones is 1. The highest BCUT2D eigenvalue weighted by atomic mass is 32.1. The lowest BCUT2D eigenvalue weighted by molar-refractivity contribution is -0.121. The van der Waals surface area contributed by atoms with Crippen LogP contribution in [-0.2, 0) is 4.79 Å². The zero-order valence-electron chi connectivity index (χ0n) is 15.3. The van der Waals surface area contributed by atoms with Gasteiger partial charge in [-0.15, -0.1) is 11.3 Å². The third-order valence-electron chi connectivity index (χ3n) is 4.20. The molecule has 0 radical (unpaired) electrons. The molecule has 0 amide bonds. The number of thiazole rings is 1. The van der Waals surface area contributed by atoms with E-state index < -0.39 is 5.92 Å². The van der Waals surface area contributed by atoms with Crippen molar-refractivity contribution >= 4 is 17.1 Å². The third-order valence-corrected chi connectivity index (χ3v) is 5.11. The number of benzene rings is 2. The number of nitriles is 1. The number of rotatable bonds is 7. The van der Waals surface area contributed by atoms with Crippen LogP contribution in [0.25, 0.3) is 11.3 Å². The first-order valence-corrected chi connectivity index (χ1v) is 9.63. The first kappa shape index (κ1) is 18.8. The van der Waals surface area contributed by atoms with Crippen molar-refractivity contribution in [2.75, 3.05) is 6.61 Å². The molecule has 0 spiro atoms. The number of hydrogen-bond donors (Lipinski definition) is 0. The van der Waals surface area contributed by atoms with E-state index in [1.54, 1.807) is 0 Å². The summed E-state index contributed by atoms with van der Waals surface area (Å²) in [7, 11) is 0. The molecule has 3 aromatic rings. The molecule has 1 unspecified atom stereocenters. The van der Waals surface area contributed by atoms with Crippen molar-refractivity contribution in [1.82, 2.24) is 4.98 Å². The Morgan fingerprint density at radius 3 is 2.56 bits per heavy atom. The normalized spacial score (nSPS) is 11.8. The van der Waals surface area contributed by atoms with Crippen molar-refractivity contribution < 1.29 is 9.53 Å². The van der Waals surface area contributed by atoms with E-state index in [0.717, 1.165) is 16.8 Å². The average Bonchev–Trinajstić information content (AvgIpc) is 3.17. The number of carbonyl (C=O) groups excluding carboxylic acids is 1. The lowest BCUT2D eigenvalue weighted by atomic mass is 10.0. The molecule has 0 saturated heterocycles. The minimum Gasteiger partial charge on any atom is -0.485 e. The fourth-order valence-corrected chi connectivity index (χ4v) is 3.64. The number of carbonyl (C=O) groups is 1. The summed E-state index contributed by atoms with van der Waals surface area (Å²) in [6.45, 7) is 3.99. The highest BCUT2D eigenvalue weighted by Crippen LogP contribution is 2.28. The maximum Gasteiger partial charge on any atom is 0.194 e. The summed E-state index contributed by atoms with van der Waals surface area (Å²) < 4.78 is 5.73. The summed E-state index contributed by atoms with van der Waals surface area (Å²) in [5.74, 6) is -0.235. The second-order valence-electron chi connectivity index (χ2n) is 6.45. The first-order valence-electron chi connectivity index (χ1n) is 8.75. The standard InChI is InChI=1S/C22H20N2O2S/c1-15(2)17-10-6-7-11-21(17)26-13-20(25)18(12-23)22-24-19(14-27-22)16-8-4-3-5-9-16/h3-11,14-15,18H,13H2,1-2H3. The second-order valence-corrected chi connectivity index (χ2v) is 7.34. The maximum absolute atomic E-state index is 12.6. The molecule has 27 heavy (non-hydrogen) atoms. The Labute approximate surface area is 163 Å². The summed E-state index contributed by atoms with van der Waals surface area (Å²) >= 11 is 1.33. The van der Waals surface area contributed by atoms with Crippen LogP contribution in [0.5, 0.6) is 5.75 Å². The first-order chi connectivity index (χ1) is 13.1. The zero-order chi connectivity index (χ0) is 19.2. The van der Waals surface area contributed by atoms with Crippen molar-refractivity contribution in [3.63, 3.8) is 0 Å². The molecule has 0 aliphatic carbocycles. The Kier molecular flexibility index (Phi) is 6.00. The van der Waals surface area contributed by atoms with Crippen molar-refractivity contribution in [2.45, 2.75) is 25.7 Å². The Balaban J connectivity index is 1.72. The number of ether oxygens (including phenoxy) is 1. The molecule has 3 rings (SSSR count). The van der Waals surface area contributed by atoms with Gasteiger partial charge < -0.3 is 4.74 Å². The summed E-state index contributed by atoms with van der Waals surface area (Å²) in [5.41, 5.74) is 2.78. The summed E-state index contributed by atoms with van der Waals surface area (Å²) in [4.78, 5) is 17.1. The minimum atomic E-state index is -0.918. The fraction of sp³-hybridized carbons (Fsp3) is 0.227. The third kappa shape index (κ3) is 4.42. The van der Waals surface area contributed by atoms with Crippen LogP contribution < -0.4 is 4.74 Å². The smallest absolute Gasteiger partial charge is 0.194 e. The molecule has 0 saturated carbocycles. The lowest BCUT2D eigenvalue weighted by Gasteiger charge is -2.14. The van der Waals surface area contributed by atoms with Gasteiger partial charge in [0.1, 0.15) is 17.4 Å². The molecule has 1 atom stereocenters. The summed E-state index contributed by atoms with van der Waals surface area (Å²) in [5, 5.41) is 11.9. The predicted octanol–water partition coefficient (Wildman–Crippen LogP) is 5.19. The van der Waals surface area contributed by atoms with E-state index >= 15 is 0 Å². The van der Waals surface area contributed by atoms with Gasteiger partial charge in [-0.1, -0.05) is 62.4 Å². The SMILES string of the molecule is CC(C)c1ccccc1OCC(=O)C(C#N)c1nc(-c2ccccc2)cs1. The van der Waals surface area contributed by atoms with Crippen LogP contribution in [0.15, 0.2) is 60.0 Å². The van der Waals surface area contributed by atoms with Gasteiger partial charge in [0.15, 0.2) is 11.7 Å². The largest absolute Gasteiger partial charge is 0.485 e. The molecule has 1 aromatic heterocycles. The second kappa shape index (κ2) is 8.61. The van der Waals surface area contributed by atoms with Gasteiger partial charge in [-0.2, -0.15) is 5.26 Å². The van der Waals surface area contributed by atoms with Gasteiger partial charge in [0.2, 0.25) is 0 Å². The van der Waals surface area contributed by atoms with Crippen LogP contribution in [0, 0.1) is 11.3 Å². The van der Waals surface area contributed by atoms with Crippen LogP contribution in [-0.4, -0.2) is 17.4 Å². The highest BCUT2D eigenvalue weighted by Gasteiger charge is 2.24. The Bertz CT molecular complexity index is 958. The van der Waals surface area contributed by atoms with E-state index in [1.807, 2.05) is 60.0 Å². The highest BCUT2D eigenvalue weighted by molar-refractivity contribution is 7.10. The van der Waals surface area contributed by atoms with Gasteiger partial charge in [-0.25, -0.2) is 4.98 Å². The van der Waals surface area contributed by atoms with Crippen LogP contribution in [0.2, 0.25) is 0 Å². The van der Waals surface area contributed by atoms with Crippen molar-refractivity contribution in [3.05, 3.63) is 70.5 Å². The van der Waals surface area contributed by atoms with Crippen LogP contribution in [0.1, 0.15) is 36.3 Å². The molecule has 136 valence electrons. The maximum atomic E-state index is 12.6. The van der Waals surface area contributed by atoms with Gasteiger partial charge in [-0.3, -0.25) is 4.79 Å². The molecular weight excluding hydrogens is 356 g/mol. The molecule has 2 aromatic carbocycles. The number of hydrogen-bond acceptors (Lipinski definition) is 5. The molecule has 0 N–H and O–H groups in total. The molecule has 0 bridgehead atoms. The summed E-state index contributed by atoms with van der Waals surface area (Å²) in [6, 6.07) is 19.4. The molecule has 0 fully saturated rings. The predicted molar refractivity (Wildman–Crippen MR) is 107 cm³/mol. The number of nitrogens with zero attached hydrogens (tertiary/aromatic N) is 2. The van der Waals surface area contributed by atoms with E-state index in [2.05, 4.69) is 24.9 Å². The van der Waals surface area contributed by atoms with Gasteiger partial charge in [-0.05, 0) is 17.5 Å². The van der Waals surface area contributed by atoms with Gasteiger partial charge >= 0.3 is 0 Å². The van der Waals surface area contributed by atoms with Crippen LogP contribution in [0.3, 0.4) is 0 Å². The fourth-order valence-electron chi connectivity index (χ4n) is 2.75. The van der Waals surface area contributed by atoms with E-state index in [9.17, 15) is 10.1 Å². The van der Waals surface area contributed by atoms with E-state index in [0.29, 0.717) is 10.8 Å². The molecule has 0 aliphatic heterocycles. The quantitative estimate of drug-likeness (QED) is 0.569. The molecule has 5 heteroatoms. The zero-order valence-corrected chi connectivity index (χ0v) is 16.1. The van der Waals surface area contributed by atoms with E-state index in [-0.39, 0.29) is 18.3 Å². The number of Topliss-reactive ketones (excluding diaryl/α,β-unsaturated/α-hetero) is 1. The Hall–Kier alpha value is -2.97. The minimum absolute atomic E-state index is 0.151. The monoisotopic (exact) mass is 376 g/mol. The average molecular weight is 376 g/mol. The topological polar surface area (TPSA) is 63.0 Å². The van der Waals surface area contributed by atoms with Crippen molar-refractivity contribution in [1.29, 1.82) is 5.26 Å².